The molecule has 3 aliphatic rings. The zero-order valence-electron chi connectivity index (χ0n) is 22.5. The molecule has 9 heteroatoms. The first kappa shape index (κ1) is 27.8. The number of anilines is 1. The number of thioether (sulfide) groups is 1. The molecule has 2 bridgehead atoms. The van der Waals surface area contributed by atoms with Gasteiger partial charge in [-0.3, -0.25) is 14.4 Å². The third-order valence-corrected chi connectivity index (χ3v) is 10.1. The molecule has 0 aromatic heterocycles. The normalized spacial score (nSPS) is 29.8. The summed E-state index contributed by atoms with van der Waals surface area (Å²) in [5, 5.41) is 16.4. The molecule has 4 rings (SSSR count). The van der Waals surface area contributed by atoms with Crippen molar-refractivity contribution in [2.75, 3.05) is 18.5 Å². The van der Waals surface area contributed by atoms with Crippen molar-refractivity contribution in [2.24, 2.45) is 17.8 Å². The molecule has 3 fully saturated rings. The Morgan fingerprint density at radius 1 is 1.19 bits per heavy atom. The summed E-state index contributed by atoms with van der Waals surface area (Å²) in [4.78, 5) is 43.2. The number of aliphatic hydroxyl groups excluding tert-OH is 1. The number of carbonyl (C=O) groups is 3. The van der Waals surface area contributed by atoms with Crippen LogP contribution in [0.25, 0.3) is 0 Å². The molecule has 0 aliphatic carbocycles. The molecule has 3 aliphatic heterocycles. The summed E-state index contributed by atoms with van der Waals surface area (Å²) in [6, 6.07) is 6.01. The first-order valence-corrected chi connectivity index (χ1v) is 14.5. The van der Waals surface area contributed by atoms with Crippen LogP contribution in [0, 0.1) is 17.8 Å². The standard InChI is InChI=1S/C28H41N3O5S/c1-6-8-17(5)29-26(34)24-28-14-13-21(37-28)22(23(28)27(35)31(24)20(15-32)16(3)4)25(33)30-18-9-11-19(12-10-18)36-7-2/h9-12,16-17,20-24,32H,6-8,13-15H2,1-5H3,(H,29,34)(H,30,33)/t17?,20-,21-,22+,23-,24?,28?/m0/s1. The van der Waals surface area contributed by atoms with Gasteiger partial charge in [0.15, 0.2) is 0 Å². The molecular weight excluding hydrogens is 490 g/mol. The maximum atomic E-state index is 14.1. The molecule has 0 saturated carbocycles. The molecule has 3 N–H and O–H groups in total. The first-order valence-electron chi connectivity index (χ1n) is 13.6. The fraction of sp³-hybridized carbons (Fsp3) is 0.679. The second kappa shape index (κ2) is 11.2. The summed E-state index contributed by atoms with van der Waals surface area (Å²) in [6.45, 7) is 10.2. The Balaban J connectivity index is 1.64. The highest BCUT2D eigenvalue weighted by atomic mass is 32.2. The topological polar surface area (TPSA) is 108 Å². The number of fused-ring (bicyclic) bond motifs is 1. The SMILES string of the molecule is CCCC(C)NC(=O)C1N([C@@H](CO)C(C)C)C(=O)[C@@H]2[C@H](C(=O)Nc3ccc(OCC)cc3)[C@@H]3CCC12S3. The Labute approximate surface area is 224 Å². The van der Waals surface area contributed by atoms with E-state index >= 15 is 0 Å². The highest BCUT2D eigenvalue weighted by Crippen LogP contribution is 2.66. The van der Waals surface area contributed by atoms with Crippen LogP contribution in [-0.2, 0) is 14.4 Å². The third kappa shape index (κ3) is 4.97. The van der Waals surface area contributed by atoms with Crippen molar-refractivity contribution in [1.82, 2.24) is 10.2 Å². The van der Waals surface area contributed by atoms with Gasteiger partial charge in [-0.2, -0.15) is 0 Å². The number of ether oxygens (including phenoxy) is 1. The number of amides is 3. The van der Waals surface area contributed by atoms with Crippen molar-refractivity contribution < 1.29 is 24.2 Å². The molecule has 3 saturated heterocycles. The van der Waals surface area contributed by atoms with Crippen LogP contribution >= 0.6 is 11.8 Å². The number of likely N-dealkylation sites (tertiary alicyclic amines) is 1. The van der Waals surface area contributed by atoms with E-state index < -0.39 is 28.7 Å². The van der Waals surface area contributed by atoms with Crippen molar-refractivity contribution in [3.05, 3.63) is 24.3 Å². The second-order valence-corrected chi connectivity index (χ2v) is 12.5. The number of carbonyl (C=O) groups excluding carboxylic acids is 3. The minimum atomic E-state index is -0.706. The fourth-order valence-corrected chi connectivity index (χ4v) is 8.73. The molecule has 1 aromatic carbocycles. The largest absolute Gasteiger partial charge is 0.494 e. The number of benzene rings is 1. The van der Waals surface area contributed by atoms with Gasteiger partial charge in [-0.1, -0.05) is 27.2 Å². The van der Waals surface area contributed by atoms with E-state index in [0.29, 0.717) is 18.7 Å². The Morgan fingerprint density at radius 2 is 1.89 bits per heavy atom. The van der Waals surface area contributed by atoms with Crippen LogP contribution in [0.2, 0.25) is 0 Å². The molecule has 1 spiro atoms. The number of nitrogens with one attached hydrogen (secondary N) is 2. The number of hydrogen-bond acceptors (Lipinski definition) is 6. The Bertz CT molecular complexity index is 1000. The molecule has 7 atom stereocenters. The monoisotopic (exact) mass is 531 g/mol. The van der Waals surface area contributed by atoms with Gasteiger partial charge in [0.05, 0.1) is 35.8 Å². The average Bonchev–Trinajstić information content (AvgIpc) is 3.48. The van der Waals surface area contributed by atoms with Crippen LogP contribution in [0.4, 0.5) is 5.69 Å². The first-order chi connectivity index (χ1) is 17.7. The van der Waals surface area contributed by atoms with Gasteiger partial charge in [-0.25, -0.2) is 0 Å². The lowest BCUT2D eigenvalue weighted by Crippen LogP contribution is -2.58. The lowest BCUT2D eigenvalue weighted by molar-refractivity contribution is -0.143. The van der Waals surface area contributed by atoms with Crippen LogP contribution in [0.15, 0.2) is 24.3 Å². The number of hydrogen-bond donors (Lipinski definition) is 3. The quantitative estimate of drug-likeness (QED) is 0.404. The van der Waals surface area contributed by atoms with Gasteiger partial charge in [0.25, 0.3) is 0 Å². The summed E-state index contributed by atoms with van der Waals surface area (Å²) in [6.07, 6.45) is 3.28. The van der Waals surface area contributed by atoms with Crippen molar-refractivity contribution in [2.45, 2.75) is 88.4 Å². The Morgan fingerprint density at radius 3 is 2.49 bits per heavy atom. The van der Waals surface area contributed by atoms with Crippen molar-refractivity contribution in [3.8, 4) is 5.75 Å². The summed E-state index contributed by atoms with van der Waals surface area (Å²) >= 11 is 1.64. The maximum absolute atomic E-state index is 14.1. The van der Waals surface area contributed by atoms with Gasteiger partial charge < -0.3 is 25.4 Å². The number of rotatable bonds is 11. The summed E-state index contributed by atoms with van der Waals surface area (Å²) in [5.41, 5.74) is 0.649. The molecule has 204 valence electrons. The zero-order valence-corrected chi connectivity index (χ0v) is 23.3. The van der Waals surface area contributed by atoms with E-state index in [1.54, 1.807) is 28.8 Å². The third-order valence-electron chi connectivity index (χ3n) is 8.15. The molecule has 3 unspecified atom stereocenters. The van der Waals surface area contributed by atoms with E-state index in [2.05, 4.69) is 17.6 Å². The second-order valence-electron chi connectivity index (χ2n) is 10.9. The summed E-state index contributed by atoms with van der Waals surface area (Å²) < 4.78 is 4.83. The van der Waals surface area contributed by atoms with Crippen molar-refractivity contribution >= 4 is 35.2 Å². The van der Waals surface area contributed by atoms with Gasteiger partial charge in [-0.05, 0) is 63.3 Å². The molecule has 3 heterocycles. The highest BCUT2D eigenvalue weighted by molar-refractivity contribution is 8.02. The van der Waals surface area contributed by atoms with Crippen LogP contribution in [0.5, 0.6) is 5.75 Å². The minimum Gasteiger partial charge on any atom is -0.494 e. The van der Waals surface area contributed by atoms with E-state index in [1.807, 2.05) is 39.8 Å². The van der Waals surface area contributed by atoms with Crippen LogP contribution in [0.3, 0.4) is 0 Å². The van der Waals surface area contributed by atoms with Gasteiger partial charge >= 0.3 is 0 Å². The smallest absolute Gasteiger partial charge is 0.244 e. The fourth-order valence-electron chi connectivity index (χ4n) is 6.52. The lowest BCUT2D eigenvalue weighted by atomic mass is 9.70. The highest BCUT2D eigenvalue weighted by Gasteiger charge is 2.74. The predicted molar refractivity (Wildman–Crippen MR) is 145 cm³/mol. The van der Waals surface area contributed by atoms with Crippen LogP contribution in [0.1, 0.15) is 60.3 Å². The molecule has 1 aromatic rings. The van der Waals surface area contributed by atoms with Crippen LogP contribution in [-0.4, -0.2) is 69.1 Å². The van der Waals surface area contributed by atoms with Gasteiger partial charge in [0, 0.05) is 17.0 Å². The summed E-state index contributed by atoms with van der Waals surface area (Å²) in [7, 11) is 0. The molecule has 3 amide bonds. The predicted octanol–water partition coefficient (Wildman–Crippen LogP) is 3.44. The van der Waals surface area contributed by atoms with E-state index in [0.717, 1.165) is 25.0 Å². The number of aliphatic hydroxyl groups is 1. The van der Waals surface area contributed by atoms with E-state index in [1.165, 1.54) is 0 Å². The molecule has 37 heavy (non-hydrogen) atoms. The summed E-state index contributed by atoms with van der Waals surface area (Å²) in [5.74, 6) is -0.972. The lowest BCUT2D eigenvalue weighted by Gasteiger charge is -2.39. The maximum Gasteiger partial charge on any atom is 0.244 e. The zero-order chi connectivity index (χ0) is 26.9. The van der Waals surface area contributed by atoms with Crippen molar-refractivity contribution in [1.29, 1.82) is 0 Å². The van der Waals surface area contributed by atoms with Crippen molar-refractivity contribution in [3.63, 3.8) is 0 Å². The Hall–Kier alpha value is -2.26. The van der Waals surface area contributed by atoms with E-state index in [-0.39, 0.29) is 41.5 Å². The van der Waals surface area contributed by atoms with Gasteiger partial charge in [-0.15, -0.1) is 11.8 Å². The minimum absolute atomic E-state index is 0.0149. The average molecular weight is 532 g/mol. The Kier molecular flexibility index (Phi) is 8.43. The molecule has 8 nitrogen and oxygen atoms in total. The van der Waals surface area contributed by atoms with Crippen LogP contribution < -0.4 is 15.4 Å². The van der Waals surface area contributed by atoms with E-state index in [4.69, 9.17) is 4.74 Å². The van der Waals surface area contributed by atoms with Gasteiger partial charge in [0.2, 0.25) is 17.7 Å². The van der Waals surface area contributed by atoms with Gasteiger partial charge in [0.1, 0.15) is 11.8 Å². The van der Waals surface area contributed by atoms with E-state index in [9.17, 15) is 19.5 Å². The number of nitrogens with zero attached hydrogens (tertiary/aromatic N) is 1. The molecular formula is C28H41N3O5S. The molecule has 0 radical (unpaired) electrons.